The van der Waals surface area contributed by atoms with Crippen molar-refractivity contribution in [2.45, 2.75) is 58.2 Å². The number of nitrogens with zero attached hydrogens (tertiary/aromatic N) is 7. The second-order valence-electron chi connectivity index (χ2n) is 14.3. The number of halogens is 1. The number of anilines is 1. The van der Waals surface area contributed by atoms with Crippen LogP contribution in [0, 0.1) is 12.3 Å². The number of pyridine rings is 1. The van der Waals surface area contributed by atoms with E-state index in [1.165, 1.54) is 6.92 Å². The van der Waals surface area contributed by atoms with Crippen molar-refractivity contribution in [2.24, 2.45) is 11.1 Å². The fraction of sp³-hybridized carbons (Fsp3) is 0.474. The number of carbonyl (C=O) groups excluding carboxylic acids is 4. The van der Waals surface area contributed by atoms with Crippen LogP contribution < -0.4 is 11.1 Å². The van der Waals surface area contributed by atoms with E-state index in [1.54, 1.807) is 22.0 Å². The third-order valence-electron chi connectivity index (χ3n) is 9.88. The molecule has 3 N–H and O–H groups in total. The fourth-order valence-corrected chi connectivity index (χ4v) is 7.61. The zero-order valence-corrected chi connectivity index (χ0v) is 32.6. The van der Waals surface area contributed by atoms with Gasteiger partial charge in [-0.1, -0.05) is 12.1 Å². The Morgan fingerprint density at radius 2 is 1.80 bits per heavy atom. The van der Waals surface area contributed by atoms with Crippen LogP contribution in [0.2, 0.25) is 0 Å². The number of hydrogen-bond acceptors (Lipinski definition) is 12. The molecule has 4 aromatic rings. The molecule has 6 rings (SSSR count). The zero-order chi connectivity index (χ0) is 38.6. The molecule has 1 aliphatic carbocycles. The molecule has 0 unspecified atom stereocenters. The van der Waals surface area contributed by atoms with Crippen LogP contribution in [-0.4, -0.2) is 124 Å². The lowest BCUT2D eigenvalue weighted by Gasteiger charge is -2.27. The van der Waals surface area contributed by atoms with E-state index in [4.69, 9.17) is 15.2 Å². The van der Waals surface area contributed by atoms with Gasteiger partial charge in [-0.25, -0.2) is 15.0 Å². The molecule has 1 aliphatic heterocycles. The highest BCUT2D eigenvalue weighted by molar-refractivity contribution is 9.10. The lowest BCUT2D eigenvalue weighted by atomic mass is 9.98. The summed E-state index contributed by atoms with van der Waals surface area (Å²) in [5.74, 6) is 0.149. The van der Waals surface area contributed by atoms with Crippen molar-refractivity contribution in [3.05, 3.63) is 64.4 Å². The minimum Gasteiger partial charge on any atom is -0.378 e. The van der Waals surface area contributed by atoms with Gasteiger partial charge in [-0.05, 0) is 79.1 Å². The van der Waals surface area contributed by atoms with Gasteiger partial charge in [-0.3, -0.25) is 23.9 Å². The number of Topliss-reactive ketones (excluding diaryl/α,β-unsaturated/α-hetero) is 2. The molecule has 286 valence electrons. The highest BCUT2D eigenvalue weighted by Gasteiger charge is 2.67. The summed E-state index contributed by atoms with van der Waals surface area (Å²) in [5, 5.41) is 8.16. The van der Waals surface area contributed by atoms with E-state index in [-0.39, 0.29) is 60.1 Å². The van der Waals surface area contributed by atoms with Gasteiger partial charge in [0.05, 0.1) is 25.3 Å². The van der Waals surface area contributed by atoms with Crippen molar-refractivity contribution in [2.75, 3.05) is 58.9 Å². The monoisotopic (exact) mass is 803 g/mol. The number of ether oxygens (including phenoxy) is 2. The van der Waals surface area contributed by atoms with E-state index < -0.39 is 6.04 Å². The first kappa shape index (κ1) is 39.2. The van der Waals surface area contributed by atoms with Gasteiger partial charge in [0.15, 0.2) is 11.6 Å². The zero-order valence-electron chi connectivity index (χ0n) is 31.0. The smallest absolute Gasteiger partial charge is 0.248 e. The SMILES string of the molecule is CC(=O)c1nn(CC(=O)N2[C@H](C(=O)Nc3nc(Br)ccc3C)C[C@@]3(CN(C)C)C[C@@H]23)c2ccc(-c3cnc(CCC(=O)COCCOCCN)nc3)cc12. The largest absolute Gasteiger partial charge is 0.378 e. The molecule has 2 fully saturated rings. The van der Waals surface area contributed by atoms with Crippen molar-refractivity contribution in [3.63, 3.8) is 0 Å². The number of nitrogens with one attached hydrogen (secondary N) is 1. The van der Waals surface area contributed by atoms with E-state index in [0.29, 0.717) is 66.4 Å². The molecule has 3 aromatic heterocycles. The van der Waals surface area contributed by atoms with Crippen molar-refractivity contribution in [3.8, 4) is 11.1 Å². The van der Waals surface area contributed by atoms with Gasteiger partial charge < -0.3 is 30.3 Å². The molecule has 54 heavy (non-hydrogen) atoms. The fourth-order valence-electron chi connectivity index (χ4n) is 7.30. The number of carbonyl (C=O) groups is 4. The van der Waals surface area contributed by atoms with E-state index in [9.17, 15) is 19.2 Å². The molecule has 2 aliphatic rings. The summed E-state index contributed by atoms with van der Waals surface area (Å²) in [5.41, 5.74) is 8.36. The molecule has 1 aromatic carbocycles. The van der Waals surface area contributed by atoms with E-state index in [0.717, 1.165) is 29.7 Å². The van der Waals surface area contributed by atoms with Gasteiger partial charge in [0.2, 0.25) is 11.8 Å². The van der Waals surface area contributed by atoms with Crippen LogP contribution in [0.25, 0.3) is 22.0 Å². The Balaban J connectivity index is 1.16. The van der Waals surface area contributed by atoms with Gasteiger partial charge in [0.25, 0.3) is 0 Å². The Morgan fingerprint density at radius 3 is 2.52 bits per heavy atom. The molecular formula is C38H46BrN9O6. The van der Waals surface area contributed by atoms with Crippen molar-refractivity contribution >= 4 is 56.0 Å². The minimum atomic E-state index is -0.682. The van der Waals surface area contributed by atoms with Gasteiger partial charge in [-0.15, -0.1) is 0 Å². The number of benzene rings is 1. The van der Waals surface area contributed by atoms with Crippen LogP contribution in [0.5, 0.6) is 0 Å². The molecule has 0 radical (unpaired) electrons. The summed E-state index contributed by atoms with van der Waals surface area (Å²) in [6.45, 7) is 5.53. The summed E-state index contributed by atoms with van der Waals surface area (Å²) in [6, 6.07) is 8.45. The number of likely N-dealkylation sites (tertiary alicyclic amines) is 1. The summed E-state index contributed by atoms with van der Waals surface area (Å²) in [6.07, 6.45) is 5.34. The number of aromatic nitrogens is 5. The Bertz CT molecular complexity index is 2040. The Hall–Kier alpha value is -4.48. The third kappa shape index (κ3) is 8.90. The lowest BCUT2D eigenvalue weighted by molar-refractivity contribution is -0.138. The average Bonchev–Trinajstić information content (AvgIpc) is 3.53. The van der Waals surface area contributed by atoms with Crippen LogP contribution in [-0.2, 0) is 36.8 Å². The summed E-state index contributed by atoms with van der Waals surface area (Å²) < 4.78 is 12.7. The minimum absolute atomic E-state index is 0.00237. The Morgan fingerprint density at radius 1 is 1.04 bits per heavy atom. The summed E-state index contributed by atoms with van der Waals surface area (Å²) in [4.78, 5) is 70.2. The lowest BCUT2D eigenvalue weighted by Crippen LogP contribution is -2.47. The normalized spacial score (nSPS) is 19.0. The molecule has 0 spiro atoms. The first-order valence-electron chi connectivity index (χ1n) is 18.0. The quantitative estimate of drug-likeness (QED) is 0.0851. The highest BCUT2D eigenvalue weighted by Crippen LogP contribution is 2.60. The van der Waals surface area contributed by atoms with Crippen LogP contribution in [0.15, 0.2) is 47.3 Å². The predicted molar refractivity (Wildman–Crippen MR) is 205 cm³/mol. The second-order valence-corrected chi connectivity index (χ2v) is 15.1. The van der Waals surface area contributed by atoms with Gasteiger partial charge in [-0.2, -0.15) is 5.10 Å². The first-order valence-corrected chi connectivity index (χ1v) is 18.8. The van der Waals surface area contributed by atoms with Gasteiger partial charge >= 0.3 is 0 Å². The topological polar surface area (TPSA) is 188 Å². The molecule has 0 bridgehead atoms. The molecule has 4 heterocycles. The van der Waals surface area contributed by atoms with E-state index >= 15 is 0 Å². The number of ketones is 2. The Labute approximate surface area is 322 Å². The maximum atomic E-state index is 14.2. The number of hydrogen-bond donors (Lipinski definition) is 2. The maximum Gasteiger partial charge on any atom is 0.248 e. The number of piperidine rings is 1. The second kappa shape index (κ2) is 16.9. The molecule has 2 amide bonds. The van der Waals surface area contributed by atoms with Crippen LogP contribution in [0.1, 0.15) is 48.1 Å². The molecule has 3 atom stereocenters. The van der Waals surface area contributed by atoms with Gasteiger partial charge in [0.1, 0.15) is 41.1 Å². The molecule has 1 saturated carbocycles. The summed E-state index contributed by atoms with van der Waals surface area (Å²) >= 11 is 3.38. The Kier molecular flexibility index (Phi) is 12.3. The van der Waals surface area contributed by atoms with Gasteiger partial charge in [0, 0.05) is 67.7 Å². The number of aryl methyl sites for hydroxylation is 2. The third-order valence-corrected chi connectivity index (χ3v) is 10.3. The van der Waals surface area contributed by atoms with Crippen LogP contribution in [0.3, 0.4) is 0 Å². The van der Waals surface area contributed by atoms with E-state index in [1.807, 2.05) is 51.4 Å². The van der Waals surface area contributed by atoms with Crippen LogP contribution >= 0.6 is 15.9 Å². The predicted octanol–water partition coefficient (Wildman–Crippen LogP) is 3.22. The average molecular weight is 805 g/mol. The van der Waals surface area contributed by atoms with Crippen molar-refractivity contribution < 1.29 is 28.7 Å². The molecular weight excluding hydrogens is 758 g/mol. The molecule has 1 saturated heterocycles. The number of fused-ring (bicyclic) bond motifs is 2. The number of nitrogens with two attached hydrogens (primary N) is 1. The molecule has 15 nitrogen and oxygen atoms in total. The van der Waals surface area contributed by atoms with Crippen molar-refractivity contribution in [1.29, 1.82) is 0 Å². The molecule has 16 heteroatoms. The van der Waals surface area contributed by atoms with Crippen molar-refractivity contribution in [1.82, 2.24) is 34.5 Å². The number of amides is 2. The van der Waals surface area contributed by atoms with E-state index in [2.05, 4.69) is 46.2 Å². The summed E-state index contributed by atoms with van der Waals surface area (Å²) in [7, 11) is 3.99. The number of rotatable bonds is 18. The highest BCUT2D eigenvalue weighted by atomic mass is 79.9. The standard InChI is InChI=1S/C38H46BrN9O6/c1-23-5-9-32(39)43-36(23)44-37(52)30-16-38(22-46(3)4)17-31(38)48(30)34(51)20-47-29-8-6-25(15-28(29)35(45-47)24(2)49)26-18-41-33(42-19-26)10-7-27(50)21-54-14-13-53-12-11-40/h5-6,8-9,15,18-19,30-31H,7,10-14,16-17,20-22,40H2,1-4H3,(H,43,44,52)/t30-,31+,38-/m0/s1. The van der Waals surface area contributed by atoms with Crippen LogP contribution in [0.4, 0.5) is 5.82 Å². The first-order chi connectivity index (χ1) is 25.9. The maximum absolute atomic E-state index is 14.2.